The highest BCUT2D eigenvalue weighted by Crippen LogP contribution is 2.44. The van der Waals surface area contributed by atoms with Crippen LogP contribution in [0.25, 0.3) is 0 Å². The molecule has 0 heteroatoms. The molecule has 0 amide bonds. The molecule has 0 aromatic heterocycles. The fourth-order valence-electron chi connectivity index (χ4n) is 3.09. The summed E-state index contributed by atoms with van der Waals surface area (Å²) in [6.45, 7) is 4.32. The van der Waals surface area contributed by atoms with Crippen molar-refractivity contribution in [1.29, 1.82) is 0 Å². The summed E-state index contributed by atoms with van der Waals surface area (Å²) in [5.74, 6) is 1.62. The van der Waals surface area contributed by atoms with Gasteiger partial charge in [0.05, 0.1) is 0 Å². The third kappa shape index (κ3) is 2.73. The van der Waals surface area contributed by atoms with Crippen LogP contribution in [0.2, 0.25) is 0 Å². The van der Waals surface area contributed by atoms with Gasteiger partial charge in [-0.1, -0.05) is 59.7 Å². The molecule has 1 fully saturated rings. The van der Waals surface area contributed by atoms with Gasteiger partial charge in [-0.05, 0) is 56.1 Å². The molecule has 0 heterocycles. The van der Waals surface area contributed by atoms with Crippen LogP contribution in [-0.2, 0) is 6.42 Å². The van der Waals surface area contributed by atoms with Gasteiger partial charge in [0.1, 0.15) is 0 Å². The SMILES string of the molecule is Cc1ccc(CC2CCC2c2ccc(C)cc2)cc1. The van der Waals surface area contributed by atoms with Gasteiger partial charge in [0.25, 0.3) is 0 Å². The Kier molecular flexibility index (Phi) is 3.42. The third-order valence-corrected chi connectivity index (χ3v) is 4.54. The highest BCUT2D eigenvalue weighted by molar-refractivity contribution is 5.28. The molecular formula is C19H22. The molecule has 0 saturated heterocycles. The molecule has 1 saturated carbocycles. The van der Waals surface area contributed by atoms with Gasteiger partial charge in [0.15, 0.2) is 0 Å². The minimum Gasteiger partial charge on any atom is -0.0591 e. The molecule has 3 rings (SSSR count). The van der Waals surface area contributed by atoms with E-state index in [0.717, 1.165) is 11.8 Å². The van der Waals surface area contributed by atoms with Crippen LogP contribution in [0.3, 0.4) is 0 Å². The van der Waals surface area contributed by atoms with Crippen molar-refractivity contribution in [3.8, 4) is 0 Å². The van der Waals surface area contributed by atoms with E-state index in [2.05, 4.69) is 62.4 Å². The van der Waals surface area contributed by atoms with E-state index in [1.54, 1.807) is 0 Å². The molecule has 0 nitrogen and oxygen atoms in total. The van der Waals surface area contributed by atoms with Crippen LogP contribution in [0.15, 0.2) is 48.5 Å². The Balaban J connectivity index is 1.69. The lowest BCUT2D eigenvalue weighted by Crippen LogP contribution is -2.25. The first-order valence-corrected chi connectivity index (χ1v) is 7.34. The minimum atomic E-state index is 0.780. The van der Waals surface area contributed by atoms with E-state index < -0.39 is 0 Å². The maximum absolute atomic E-state index is 2.32. The van der Waals surface area contributed by atoms with E-state index in [4.69, 9.17) is 0 Å². The summed E-state index contributed by atoms with van der Waals surface area (Å²) in [4.78, 5) is 0. The first-order chi connectivity index (χ1) is 9.22. The van der Waals surface area contributed by atoms with Crippen LogP contribution in [0.4, 0.5) is 0 Å². The monoisotopic (exact) mass is 250 g/mol. The van der Waals surface area contributed by atoms with Crippen LogP contribution < -0.4 is 0 Å². The molecule has 0 spiro atoms. The Morgan fingerprint density at radius 1 is 0.789 bits per heavy atom. The smallest absolute Gasteiger partial charge is 0.0130 e. The Labute approximate surface area is 116 Å². The Morgan fingerprint density at radius 3 is 1.89 bits per heavy atom. The summed E-state index contributed by atoms with van der Waals surface area (Å²) >= 11 is 0. The van der Waals surface area contributed by atoms with Crippen molar-refractivity contribution >= 4 is 0 Å². The van der Waals surface area contributed by atoms with Crippen molar-refractivity contribution in [1.82, 2.24) is 0 Å². The maximum atomic E-state index is 2.32. The predicted octanol–water partition coefficient (Wildman–Crippen LogP) is 5.04. The summed E-state index contributed by atoms with van der Waals surface area (Å²) in [6, 6.07) is 18.2. The molecule has 2 atom stereocenters. The lowest BCUT2D eigenvalue weighted by molar-refractivity contribution is 0.253. The molecule has 2 aromatic carbocycles. The summed E-state index contributed by atoms with van der Waals surface area (Å²) in [6.07, 6.45) is 3.98. The van der Waals surface area contributed by atoms with Crippen molar-refractivity contribution in [3.05, 3.63) is 70.8 Å². The summed E-state index contributed by atoms with van der Waals surface area (Å²) in [5.41, 5.74) is 5.74. The van der Waals surface area contributed by atoms with Crippen molar-refractivity contribution in [2.45, 2.75) is 39.0 Å². The van der Waals surface area contributed by atoms with Crippen molar-refractivity contribution in [2.75, 3.05) is 0 Å². The normalized spacial score (nSPS) is 22.0. The van der Waals surface area contributed by atoms with Gasteiger partial charge in [-0.3, -0.25) is 0 Å². The molecule has 1 aliphatic rings. The molecule has 0 bridgehead atoms. The zero-order chi connectivity index (χ0) is 13.2. The van der Waals surface area contributed by atoms with Gasteiger partial charge in [0.2, 0.25) is 0 Å². The number of aryl methyl sites for hydroxylation is 2. The summed E-state index contributed by atoms with van der Waals surface area (Å²) in [5, 5.41) is 0. The predicted molar refractivity (Wildman–Crippen MR) is 81.5 cm³/mol. The van der Waals surface area contributed by atoms with Gasteiger partial charge in [-0.15, -0.1) is 0 Å². The van der Waals surface area contributed by atoms with Crippen LogP contribution in [-0.4, -0.2) is 0 Å². The van der Waals surface area contributed by atoms with Crippen molar-refractivity contribution < 1.29 is 0 Å². The fraction of sp³-hybridized carbons (Fsp3) is 0.368. The second-order valence-electron chi connectivity index (χ2n) is 6.04. The molecule has 1 aliphatic carbocycles. The quantitative estimate of drug-likeness (QED) is 0.716. The Hall–Kier alpha value is -1.56. The fourth-order valence-corrected chi connectivity index (χ4v) is 3.09. The molecule has 98 valence electrons. The van der Waals surface area contributed by atoms with Crippen molar-refractivity contribution in [2.24, 2.45) is 5.92 Å². The molecule has 0 aliphatic heterocycles. The van der Waals surface area contributed by atoms with E-state index in [0.29, 0.717) is 0 Å². The van der Waals surface area contributed by atoms with Gasteiger partial charge < -0.3 is 0 Å². The van der Waals surface area contributed by atoms with E-state index in [-0.39, 0.29) is 0 Å². The first kappa shape index (κ1) is 12.5. The molecule has 19 heavy (non-hydrogen) atoms. The number of hydrogen-bond donors (Lipinski definition) is 0. The van der Waals surface area contributed by atoms with Gasteiger partial charge >= 0.3 is 0 Å². The lowest BCUT2D eigenvalue weighted by atomic mass is 9.67. The molecule has 2 unspecified atom stereocenters. The summed E-state index contributed by atoms with van der Waals surface area (Å²) < 4.78 is 0. The lowest BCUT2D eigenvalue weighted by Gasteiger charge is -2.37. The van der Waals surface area contributed by atoms with Crippen molar-refractivity contribution in [3.63, 3.8) is 0 Å². The maximum Gasteiger partial charge on any atom is -0.0130 e. The molecule has 0 radical (unpaired) electrons. The van der Waals surface area contributed by atoms with Crippen LogP contribution >= 0.6 is 0 Å². The zero-order valence-corrected chi connectivity index (χ0v) is 11.9. The highest BCUT2D eigenvalue weighted by atomic mass is 14.4. The minimum absolute atomic E-state index is 0.780. The van der Waals surface area contributed by atoms with E-state index in [1.807, 2.05) is 0 Å². The second kappa shape index (κ2) is 5.21. The Bertz CT molecular complexity index is 533. The standard InChI is InChI=1S/C19H22/c1-14-3-7-16(8-4-14)13-18-11-12-19(18)17-9-5-15(2)6-10-17/h3-10,18-19H,11-13H2,1-2H3. The molecule has 0 N–H and O–H groups in total. The van der Waals surface area contributed by atoms with Gasteiger partial charge in [-0.25, -0.2) is 0 Å². The first-order valence-electron chi connectivity index (χ1n) is 7.34. The van der Waals surface area contributed by atoms with Gasteiger partial charge in [-0.2, -0.15) is 0 Å². The van der Waals surface area contributed by atoms with E-state index in [9.17, 15) is 0 Å². The van der Waals surface area contributed by atoms with Crippen LogP contribution in [0.5, 0.6) is 0 Å². The average Bonchev–Trinajstić information content (AvgIpc) is 2.39. The van der Waals surface area contributed by atoms with Crippen LogP contribution in [0.1, 0.15) is 41.0 Å². The van der Waals surface area contributed by atoms with E-state index in [1.165, 1.54) is 41.5 Å². The number of benzene rings is 2. The number of rotatable bonds is 3. The number of hydrogen-bond acceptors (Lipinski definition) is 0. The zero-order valence-electron chi connectivity index (χ0n) is 11.9. The van der Waals surface area contributed by atoms with Crippen LogP contribution in [0, 0.1) is 19.8 Å². The molecule has 2 aromatic rings. The largest absolute Gasteiger partial charge is 0.0591 e. The average molecular weight is 250 g/mol. The van der Waals surface area contributed by atoms with E-state index >= 15 is 0 Å². The second-order valence-corrected chi connectivity index (χ2v) is 6.04. The third-order valence-electron chi connectivity index (χ3n) is 4.54. The molecular weight excluding hydrogens is 228 g/mol. The Morgan fingerprint density at radius 2 is 1.37 bits per heavy atom. The topological polar surface area (TPSA) is 0 Å². The highest BCUT2D eigenvalue weighted by Gasteiger charge is 2.31. The summed E-state index contributed by atoms with van der Waals surface area (Å²) in [7, 11) is 0. The van der Waals surface area contributed by atoms with Gasteiger partial charge in [0, 0.05) is 0 Å².